The zero-order valence-electron chi connectivity index (χ0n) is 20.5. The monoisotopic (exact) mass is 384 g/mol. The van der Waals surface area contributed by atoms with Gasteiger partial charge in [-0.15, -0.1) is 0 Å². The Kier molecular flexibility index (Phi) is 7.65. The third-order valence-corrected chi connectivity index (χ3v) is 6.23. The largest absolute Gasteiger partial charge is 0.295 e. The lowest BCUT2D eigenvalue weighted by Gasteiger charge is -2.43. The molecule has 2 heterocycles. The van der Waals surface area contributed by atoms with Crippen molar-refractivity contribution in [2.45, 2.75) is 132 Å². The van der Waals surface area contributed by atoms with Gasteiger partial charge in [0, 0.05) is 29.7 Å². The Morgan fingerprint density at radius 1 is 0.667 bits per heavy atom. The molecule has 0 N–H and O–H groups in total. The molecule has 27 heavy (non-hydrogen) atoms. The molecule has 0 bridgehead atoms. The van der Waals surface area contributed by atoms with Gasteiger partial charge in [0.15, 0.2) is 0 Å². The predicted molar refractivity (Wildman–Crippen MR) is 118 cm³/mol. The van der Waals surface area contributed by atoms with Crippen LogP contribution >= 0.6 is 0 Å². The van der Waals surface area contributed by atoms with E-state index in [-0.39, 0.29) is 11.0 Å². The zero-order chi connectivity index (χ0) is 21.4. The molecule has 2 fully saturated rings. The van der Waals surface area contributed by atoms with E-state index in [0.717, 1.165) is 6.04 Å². The van der Waals surface area contributed by atoms with E-state index in [1.165, 1.54) is 19.4 Å². The van der Waals surface area contributed by atoms with Gasteiger partial charge in [-0.3, -0.25) is 9.80 Å². The van der Waals surface area contributed by atoms with Gasteiger partial charge in [0.25, 0.3) is 0 Å². The van der Waals surface area contributed by atoms with Crippen LogP contribution in [0.3, 0.4) is 0 Å². The van der Waals surface area contributed by atoms with Gasteiger partial charge >= 0.3 is 0 Å². The molecule has 0 amide bonds. The lowest BCUT2D eigenvalue weighted by atomic mass is 9.83. The summed E-state index contributed by atoms with van der Waals surface area (Å²) in [4.78, 5) is 4.99. The van der Waals surface area contributed by atoms with Crippen molar-refractivity contribution in [3.05, 3.63) is 0 Å². The number of halogens is 1. The van der Waals surface area contributed by atoms with Crippen molar-refractivity contribution in [3.8, 4) is 0 Å². The number of nitrogens with zero attached hydrogens (tertiary/aromatic N) is 2. The summed E-state index contributed by atoms with van der Waals surface area (Å²) in [7, 11) is 0. The van der Waals surface area contributed by atoms with E-state index >= 15 is 0 Å². The van der Waals surface area contributed by atoms with Gasteiger partial charge in [0.1, 0.15) is 6.17 Å². The van der Waals surface area contributed by atoms with Gasteiger partial charge in [0.2, 0.25) is 0 Å². The van der Waals surface area contributed by atoms with Crippen LogP contribution in [0.1, 0.15) is 102 Å². The van der Waals surface area contributed by atoms with E-state index in [1.807, 2.05) is 0 Å². The average molecular weight is 385 g/mol. The summed E-state index contributed by atoms with van der Waals surface area (Å²) >= 11 is 0. The Morgan fingerprint density at radius 3 is 1.41 bits per heavy atom. The van der Waals surface area contributed by atoms with Crippen LogP contribution in [0.2, 0.25) is 0 Å². The van der Waals surface area contributed by atoms with Gasteiger partial charge in [-0.05, 0) is 78.2 Å². The maximum Gasteiger partial charge on any atom is 0.114 e. The quantitative estimate of drug-likeness (QED) is 0.468. The maximum absolute atomic E-state index is 13.4. The first kappa shape index (κ1) is 24.9. The summed E-state index contributed by atoms with van der Waals surface area (Å²) in [6.07, 6.45) is 2.80. The molecule has 0 radical (unpaired) electrons. The Morgan fingerprint density at radius 2 is 1.11 bits per heavy atom. The second-order valence-electron chi connectivity index (χ2n) is 12.9. The molecule has 0 aromatic carbocycles. The Labute approximate surface area is 170 Å². The van der Waals surface area contributed by atoms with E-state index in [1.54, 1.807) is 0 Å². The van der Waals surface area contributed by atoms with Crippen molar-refractivity contribution >= 4 is 0 Å². The Hall–Kier alpha value is -0.150. The van der Waals surface area contributed by atoms with Crippen LogP contribution in [0.25, 0.3) is 0 Å². The van der Waals surface area contributed by atoms with Crippen LogP contribution in [-0.2, 0) is 0 Å². The SMILES string of the molecule is CC(C)(C)C1CC(F)CN1C(C)(C)C.CC(C)(C)C1CCCN1C(C)(C)C. The van der Waals surface area contributed by atoms with Crippen molar-refractivity contribution < 1.29 is 4.39 Å². The first-order chi connectivity index (χ1) is 11.8. The number of likely N-dealkylation sites (tertiary alicyclic amines) is 2. The fourth-order valence-corrected chi connectivity index (χ4v) is 4.82. The summed E-state index contributed by atoms with van der Waals surface area (Å²) in [6, 6.07) is 1.14. The van der Waals surface area contributed by atoms with Gasteiger partial charge in [-0.1, -0.05) is 41.5 Å². The lowest BCUT2D eigenvalue weighted by Crippen LogP contribution is -2.49. The summed E-state index contributed by atoms with van der Waals surface area (Å²) in [5.74, 6) is 0. The van der Waals surface area contributed by atoms with Gasteiger partial charge in [0.05, 0.1) is 0 Å². The molecular weight excluding hydrogens is 335 g/mol. The Balaban J connectivity index is 0.000000271. The first-order valence-electron chi connectivity index (χ1n) is 11.0. The molecule has 2 saturated heterocycles. The molecule has 2 nitrogen and oxygen atoms in total. The number of hydrogen-bond acceptors (Lipinski definition) is 2. The minimum Gasteiger partial charge on any atom is -0.295 e. The zero-order valence-corrected chi connectivity index (χ0v) is 20.5. The molecule has 0 aromatic heterocycles. The highest BCUT2D eigenvalue weighted by molar-refractivity contribution is 4.97. The van der Waals surface area contributed by atoms with E-state index in [2.05, 4.69) is 92.9 Å². The fourth-order valence-electron chi connectivity index (χ4n) is 4.82. The summed E-state index contributed by atoms with van der Waals surface area (Å²) in [6.45, 7) is 29.1. The highest BCUT2D eigenvalue weighted by Crippen LogP contribution is 2.38. The van der Waals surface area contributed by atoms with E-state index in [4.69, 9.17) is 0 Å². The molecule has 0 saturated carbocycles. The molecule has 0 aromatic rings. The molecule has 3 unspecified atom stereocenters. The molecule has 2 aliphatic rings. The number of hydrogen-bond donors (Lipinski definition) is 0. The molecule has 3 heteroatoms. The number of rotatable bonds is 0. The molecule has 162 valence electrons. The standard InChI is InChI=1S/C12H24FN.C12H25N/c1-11(2,3)10-7-9(13)8-14(10)12(4,5)6;1-11(2,3)10-8-7-9-13(10)12(4,5)6/h9-10H,7-8H2,1-6H3;10H,7-9H2,1-6H3. The van der Waals surface area contributed by atoms with Gasteiger partial charge in [-0.2, -0.15) is 0 Å². The van der Waals surface area contributed by atoms with Crippen LogP contribution < -0.4 is 0 Å². The normalized spacial score (nSPS) is 29.0. The molecular formula is C24H49FN2. The van der Waals surface area contributed by atoms with Crippen molar-refractivity contribution in [2.75, 3.05) is 13.1 Å². The highest BCUT2D eigenvalue weighted by Gasteiger charge is 2.43. The summed E-state index contributed by atoms with van der Waals surface area (Å²) < 4.78 is 13.4. The fraction of sp³-hybridized carbons (Fsp3) is 1.00. The highest BCUT2D eigenvalue weighted by atomic mass is 19.1. The topological polar surface area (TPSA) is 6.48 Å². The minimum absolute atomic E-state index is 0.0821. The van der Waals surface area contributed by atoms with E-state index in [0.29, 0.717) is 30.0 Å². The van der Waals surface area contributed by atoms with E-state index in [9.17, 15) is 4.39 Å². The van der Waals surface area contributed by atoms with Crippen LogP contribution in [0.5, 0.6) is 0 Å². The first-order valence-corrected chi connectivity index (χ1v) is 11.0. The summed E-state index contributed by atoms with van der Waals surface area (Å²) in [5.41, 5.74) is 1.03. The molecule has 2 aliphatic heterocycles. The van der Waals surface area contributed by atoms with Crippen molar-refractivity contribution in [1.82, 2.24) is 9.80 Å². The third-order valence-electron chi connectivity index (χ3n) is 6.23. The van der Waals surface area contributed by atoms with Crippen LogP contribution in [0.15, 0.2) is 0 Å². The second kappa shape index (κ2) is 8.30. The molecule has 0 spiro atoms. The third kappa shape index (κ3) is 6.99. The summed E-state index contributed by atoms with van der Waals surface area (Å²) in [5, 5.41) is 0. The predicted octanol–water partition coefficient (Wildman–Crippen LogP) is 6.54. The van der Waals surface area contributed by atoms with Crippen LogP contribution in [-0.4, -0.2) is 52.2 Å². The molecule has 2 rings (SSSR count). The Bertz CT molecular complexity index is 417. The smallest absolute Gasteiger partial charge is 0.114 e. The van der Waals surface area contributed by atoms with Crippen LogP contribution in [0, 0.1) is 10.8 Å². The van der Waals surface area contributed by atoms with Crippen molar-refractivity contribution in [3.63, 3.8) is 0 Å². The number of alkyl halides is 1. The minimum atomic E-state index is -0.640. The van der Waals surface area contributed by atoms with Crippen LogP contribution in [0.4, 0.5) is 4.39 Å². The average Bonchev–Trinajstić information content (AvgIpc) is 3.01. The lowest BCUT2D eigenvalue weighted by molar-refractivity contribution is 0.0570. The van der Waals surface area contributed by atoms with Gasteiger partial charge in [-0.25, -0.2) is 4.39 Å². The van der Waals surface area contributed by atoms with Crippen molar-refractivity contribution in [1.29, 1.82) is 0 Å². The second-order valence-corrected chi connectivity index (χ2v) is 12.9. The van der Waals surface area contributed by atoms with Crippen molar-refractivity contribution in [2.24, 2.45) is 10.8 Å². The maximum atomic E-state index is 13.4. The molecule has 3 atom stereocenters. The van der Waals surface area contributed by atoms with Gasteiger partial charge < -0.3 is 0 Å². The van der Waals surface area contributed by atoms with E-state index < -0.39 is 6.17 Å². The molecule has 0 aliphatic carbocycles.